The summed E-state index contributed by atoms with van der Waals surface area (Å²) >= 11 is 1.14. The summed E-state index contributed by atoms with van der Waals surface area (Å²) in [6, 6.07) is 16.8. The van der Waals surface area contributed by atoms with E-state index in [2.05, 4.69) is 10.1 Å². The summed E-state index contributed by atoms with van der Waals surface area (Å²) in [5, 5.41) is 6.52. The van der Waals surface area contributed by atoms with E-state index in [0.717, 1.165) is 22.6 Å². The number of hydrogen-bond acceptors (Lipinski definition) is 8. The summed E-state index contributed by atoms with van der Waals surface area (Å²) in [4.78, 5) is 29.0. The SMILES string of the molecule is CCOC(=O)c1nc(COC(=O)c2cn(-c3ccccc3)nc2-c2ccc(OC)cc2)cs1. The monoisotopic (exact) mass is 463 g/mol. The fourth-order valence-corrected chi connectivity index (χ4v) is 3.77. The van der Waals surface area contributed by atoms with Crippen molar-refractivity contribution >= 4 is 23.3 Å². The van der Waals surface area contributed by atoms with Crippen LogP contribution in [0.2, 0.25) is 0 Å². The first-order valence-electron chi connectivity index (χ1n) is 10.2. The van der Waals surface area contributed by atoms with E-state index in [4.69, 9.17) is 14.2 Å². The van der Waals surface area contributed by atoms with Gasteiger partial charge in [-0.25, -0.2) is 19.3 Å². The first-order valence-corrected chi connectivity index (χ1v) is 11.0. The third kappa shape index (κ3) is 5.09. The number of carbonyl (C=O) groups is 2. The second-order valence-electron chi connectivity index (χ2n) is 6.84. The van der Waals surface area contributed by atoms with Crippen molar-refractivity contribution in [1.82, 2.24) is 14.8 Å². The summed E-state index contributed by atoms with van der Waals surface area (Å²) in [7, 11) is 1.59. The second-order valence-corrected chi connectivity index (χ2v) is 7.70. The number of aromatic nitrogens is 3. The molecule has 0 amide bonds. The Balaban J connectivity index is 1.59. The van der Waals surface area contributed by atoms with Gasteiger partial charge in [0.1, 0.15) is 23.6 Å². The maximum absolute atomic E-state index is 13.0. The molecular formula is C24H21N3O5S. The van der Waals surface area contributed by atoms with E-state index in [1.165, 1.54) is 0 Å². The van der Waals surface area contributed by atoms with Crippen LogP contribution in [0, 0.1) is 0 Å². The summed E-state index contributed by atoms with van der Waals surface area (Å²) in [5.41, 5.74) is 2.82. The largest absolute Gasteiger partial charge is 0.497 e. The molecule has 4 aromatic rings. The Morgan fingerprint density at radius 2 is 1.76 bits per heavy atom. The zero-order chi connectivity index (χ0) is 23.2. The maximum atomic E-state index is 13.0. The van der Waals surface area contributed by atoms with Crippen molar-refractivity contribution in [2.75, 3.05) is 13.7 Å². The molecule has 0 saturated heterocycles. The van der Waals surface area contributed by atoms with Gasteiger partial charge >= 0.3 is 11.9 Å². The highest BCUT2D eigenvalue weighted by Gasteiger charge is 2.21. The normalized spacial score (nSPS) is 10.6. The lowest BCUT2D eigenvalue weighted by molar-refractivity contribution is 0.0469. The second kappa shape index (κ2) is 10.1. The van der Waals surface area contributed by atoms with Crippen molar-refractivity contribution in [2.24, 2.45) is 0 Å². The molecule has 0 aliphatic rings. The molecule has 0 saturated carbocycles. The van der Waals surface area contributed by atoms with Crippen LogP contribution in [0.5, 0.6) is 5.75 Å². The first-order chi connectivity index (χ1) is 16.1. The molecule has 0 aliphatic heterocycles. The van der Waals surface area contributed by atoms with Gasteiger partial charge in [0.2, 0.25) is 5.01 Å². The highest BCUT2D eigenvalue weighted by atomic mass is 32.1. The van der Waals surface area contributed by atoms with Crippen LogP contribution in [0.25, 0.3) is 16.9 Å². The molecule has 2 aromatic carbocycles. The summed E-state index contributed by atoms with van der Waals surface area (Å²) in [6.07, 6.45) is 1.64. The molecule has 0 unspecified atom stereocenters. The lowest BCUT2D eigenvalue weighted by Crippen LogP contribution is -2.07. The minimum atomic E-state index is -0.548. The summed E-state index contributed by atoms with van der Waals surface area (Å²) < 4.78 is 17.3. The number of thiazole rings is 1. The number of methoxy groups -OCH3 is 1. The number of hydrogen-bond donors (Lipinski definition) is 0. The summed E-state index contributed by atoms with van der Waals surface area (Å²) in [5.74, 6) is -0.342. The van der Waals surface area contributed by atoms with E-state index in [0.29, 0.717) is 22.7 Å². The molecule has 2 aromatic heterocycles. The number of esters is 2. The van der Waals surface area contributed by atoms with Gasteiger partial charge in [-0.2, -0.15) is 5.10 Å². The first kappa shape index (κ1) is 22.2. The van der Waals surface area contributed by atoms with E-state index in [9.17, 15) is 9.59 Å². The third-order valence-electron chi connectivity index (χ3n) is 4.67. The maximum Gasteiger partial charge on any atom is 0.367 e. The zero-order valence-corrected chi connectivity index (χ0v) is 18.9. The quantitative estimate of drug-likeness (QED) is 0.354. The van der Waals surface area contributed by atoms with Crippen LogP contribution in [0.4, 0.5) is 0 Å². The molecule has 0 fully saturated rings. The molecule has 0 N–H and O–H groups in total. The van der Waals surface area contributed by atoms with Crippen LogP contribution < -0.4 is 4.74 Å². The molecule has 0 aliphatic carbocycles. The van der Waals surface area contributed by atoms with Gasteiger partial charge in [-0.05, 0) is 43.3 Å². The topological polar surface area (TPSA) is 92.5 Å². The van der Waals surface area contributed by atoms with Gasteiger partial charge in [0.15, 0.2) is 0 Å². The minimum absolute atomic E-state index is 0.0761. The van der Waals surface area contributed by atoms with E-state index in [1.54, 1.807) is 42.4 Å². The Labute approximate surface area is 194 Å². The van der Waals surface area contributed by atoms with E-state index in [-0.39, 0.29) is 18.2 Å². The van der Waals surface area contributed by atoms with Crippen molar-refractivity contribution in [2.45, 2.75) is 13.5 Å². The van der Waals surface area contributed by atoms with Crippen molar-refractivity contribution in [3.8, 4) is 22.7 Å². The lowest BCUT2D eigenvalue weighted by Gasteiger charge is -2.05. The van der Waals surface area contributed by atoms with Gasteiger partial charge in [0, 0.05) is 17.1 Å². The van der Waals surface area contributed by atoms with Crippen molar-refractivity contribution in [3.05, 3.63) is 82.4 Å². The smallest absolute Gasteiger partial charge is 0.367 e. The van der Waals surface area contributed by atoms with Gasteiger partial charge in [-0.3, -0.25) is 0 Å². The molecule has 9 heteroatoms. The molecule has 4 rings (SSSR count). The van der Waals surface area contributed by atoms with Gasteiger partial charge in [-0.15, -0.1) is 11.3 Å². The van der Waals surface area contributed by atoms with Crippen LogP contribution in [-0.4, -0.2) is 40.4 Å². The molecule has 168 valence electrons. The third-order valence-corrected chi connectivity index (χ3v) is 5.54. The number of nitrogens with zero attached hydrogens (tertiary/aromatic N) is 3. The number of ether oxygens (including phenoxy) is 3. The van der Waals surface area contributed by atoms with Crippen LogP contribution in [0.15, 0.2) is 66.2 Å². The Morgan fingerprint density at radius 1 is 1.00 bits per heavy atom. The van der Waals surface area contributed by atoms with E-state index in [1.807, 2.05) is 42.5 Å². The van der Waals surface area contributed by atoms with Crippen LogP contribution >= 0.6 is 11.3 Å². The molecule has 2 heterocycles. The van der Waals surface area contributed by atoms with Crippen molar-refractivity contribution in [1.29, 1.82) is 0 Å². The average molecular weight is 464 g/mol. The average Bonchev–Trinajstić information content (AvgIpc) is 3.51. The number of benzene rings is 2. The summed E-state index contributed by atoms with van der Waals surface area (Å²) in [6.45, 7) is 1.92. The molecule has 0 radical (unpaired) electrons. The van der Waals surface area contributed by atoms with Crippen molar-refractivity contribution in [3.63, 3.8) is 0 Å². The Hall–Kier alpha value is -3.98. The predicted octanol–water partition coefficient (Wildman–Crippen LogP) is 4.54. The Morgan fingerprint density at radius 3 is 2.45 bits per heavy atom. The van der Waals surface area contributed by atoms with Crippen LogP contribution in [0.1, 0.15) is 32.8 Å². The van der Waals surface area contributed by atoms with Crippen LogP contribution in [0.3, 0.4) is 0 Å². The number of para-hydroxylation sites is 1. The standard InChI is InChI=1S/C24H21N3O5S/c1-3-31-24(29)22-25-17(15-33-22)14-32-23(28)20-13-27(18-7-5-4-6-8-18)26-21(20)16-9-11-19(30-2)12-10-16/h4-13,15H,3,14H2,1-2H3. The van der Waals surface area contributed by atoms with Crippen LogP contribution in [-0.2, 0) is 16.1 Å². The molecule has 8 nitrogen and oxygen atoms in total. The predicted molar refractivity (Wildman–Crippen MR) is 123 cm³/mol. The number of rotatable bonds is 8. The zero-order valence-electron chi connectivity index (χ0n) is 18.1. The van der Waals surface area contributed by atoms with Gasteiger partial charge in [0.25, 0.3) is 0 Å². The molecular weight excluding hydrogens is 442 g/mol. The highest BCUT2D eigenvalue weighted by molar-refractivity contribution is 7.11. The minimum Gasteiger partial charge on any atom is -0.497 e. The van der Waals surface area contributed by atoms with E-state index >= 15 is 0 Å². The van der Waals surface area contributed by atoms with Crippen molar-refractivity contribution < 1.29 is 23.8 Å². The van der Waals surface area contributed by atoms with Gasteiger partial charge in [0.05, 0.1) is 25.1 Å². The fourth-order valence-electron chi connectivity index (χ4n) is 3.08. The van der Waals surface area contributed by atoms with Gasteiger partial charge < -0.3 is 14.2 Å². The Kier molecular flexibility index (Phi) is 6.80. The fraction of sp³-hybridized carbons (Fsp3) is 0.167. The van der Waals surface area contributed by atoms with E-state index < -0.39 is 11.9 Å². The molecule has 33 heavy (non-hydrogen) atoms. The lowest BCUT2D eigenvalue weighted by atomic mass is 10.1. The Bertz CT molecular complexity index is 1250. The molecule has 0 bridgehead atoms. The number of carbonyl (C=O) groups excluding carboxylic acids is 2. The molecule has 0 atom stereocenters. The highest BCUT2D eigenvalue weighted by Crippen LogP contribution is 2.27. The molecule has 0 spiro atoms. The van der Waals surface area contributed by atoms with Gasteiger partial charge in [-0.1, -0.05) is 18.2 Å².